The summed E-state index contributed by atoms with van der Waals surface area (Å²) in [6.07, 6.45) is 4.10. The highest BCUT2D eigenvalue weighted by molar-refractivity contribution is 5.90. The molecule has 0 aromatic carbocycles. The number of fused-ring (bicyclic) bond motifs is 1. The summed E-state index contributed by atoms with van der Waals surface area (Å²) in [4.78, 5) is 28.3. The van der Waals surface area contributed by atoms with Crippen LogP contribution in [0.3, 0.4) is 0 Å². The van der Waals surface area contributed by atoms with Crippen molar-refractivity contribution in [1.82, 2.24) is 9.80 Å². The first-order valence-electron chi connectivity index (χ1n) is 6.95. The predicted octanol–water partition coefficient (Wildman–Crippen LogP) is 0.389. The Morgan fingerprint density at radius 1 is 1.00 bits per heavy atom. The molecule has 5 nitrogen and oxygen atoms in total. The third kappa shape index (κ3) is 2.00. The molecule has 100 valence electrons. The highest BCUT2D eigenvalue weighted by Crippen LogP contribution is 2.26. The standard InChI is InChI=1S/C13H20N2O3/c16-12-3-7-14(10-4-8-18-9-5-10)13(17)11-2-1-6-15(11)12/h10-11H,1-9H2. The third-order valence-corrected chi connectivity index (χ3v) is 4.34. The lowest BCUT2D eigenvalue weighted by Gasteiger charge is -2.34. The Bertz CT molecular complexity index is 352. The van der Waals surface area contributed by atoms with Crippen molar-refractivity contribution >= 4 is 11.8 Å². The Balaban J connectivity index is 1.78. The molecule has 3 saturated heterocycles. The van der Waals surface area contributed by atoms with E-state index in [1.165, 1.54) is 0 Å². The Morgan fingerprint density at radius 2 is 1.78 bits per heavy atom. The van der Waals surface area contributed by atoms with E-state index in [0.717, 1.165) is 45.4 Å². The molecule has 3 aliphatic heterocycles. The molecule has 5 heteroatoms. The topological polar surface area (TPSA) is 49.9 Å². The maximum atomic E-state index is 12.6. The largest absolute Gasteiger partial charge is 0.381 e. The molecular weight excluding hydrogens is 232 g/mol. The lowest BCUT2D eigenvalue weighted by molar-refractivity contribution is -0.141. The summed E-state index contributed by atoms with van der Waals surface area (Å²) in [6, 6.07) is 0.0995. The van der Waals surface area contributed by atoms with Crippen molar-refractivity contribution in [2.45, 2.75) is 44.2 Å². The van der Waals surface area contributed by atoms with Crippen molar-refractivity contribution in [3.05, 3.63) is 0 Å². The molecule has 1 atom stereocenters. The van der Waals surface area contributed by atoms with Crippen molar-refractivity contribution in [1.29, 1.82) is 0 Å². The van der Waals surface area contributed by atoms with Crippen LogP contribution in [0.4, 0.5) is 0 Å². The number of carbonyl (C=O) groups is 2. The average molecular weight is 252 g/mol. The van der Waals surface area contributed by atoms with Gasteiger partial charge in [0, 0.05) is 38.8 Å². The fraction of sp³-hybridized carbons (Fsp3) is 0.846. The lowest BCUT2D eigenvalue weighted by Crippen LogP contribution is -2.49. The van der Waals surface area contributed by atoms with Crippen molar-refractivity contribution < 1.29 is 14.3 Å². The summed E-state index contributed by atoms with van der Waals surface area (Å²) in [5, 5.41) is 0. The molecule has 0 spiro atoms. The van der Waals surface area contributed by atoms with Crippen LogP contribution in [0.25, 0.3) is 0 Å². The number of ether oxygens (including phenoxy) is 1. The van der Waals surface area contributed by atoms with E-state index in [1.54, 1.807) is 4.90 Å². The number of amides is 2. The van der Waals surface area contributed by atoms with Crippen LogP contribution in [0.2, 0.25) is 0 Å². The molecule has 3 rings (SSSR count). The van der Waals surface area contributed by atoms with Crippen LogP contribution in [-0.2, 0) is 14.3 Å². The fourth-order valence-corrected chi connectivity index (χ4v) is 3.34. The van der Waals surface area contributed by atoms with E-state index in [0.29, 0.717) is 13.0 Å². The summed E-state index contributed by atoms with van der Waals surface area (Å²) < 4.78 is 5.35. The first-order chi connectivity index (χ1) is 8.77. The quantitative estimate of drug-likeness (QED) is 0.678. The second-order valence-corrected chi connectivity index (χ2v) is 5.37. The first kappa shape index (κ1) is 12.0. The smallest absolute Gasteiger partial charge is 0.245 e. The van der Waals surface area contributed by atoms with Crippen molar-refractivity contribution in [2.24, 2.45) is 0 Å². The van der Waals surface area contributed by atoms with Gasteiger partial charge in [-0.25, -0.2) is 0 Å². The Labute approximate surface area is 107 Å². The molecule has 3 fully saturated rings. The molecule has 3 aliphatic rings. The first-order valence-corrected chi connectivity index (χ1v) is 6.95. The monoisotopic (exact) mass is 252 g/mol. The number of nitrogens with zero attached hydrogens (tertiary/aromatic N) is 2. The van der Waals surface area contributed by atoms with Gasteiger partial charge in [0.25, 0.3) is 0 Å². The molecule has 0 N–H and O–H groups in total. The van der Waals surface area contributed by atoms with E-state index in [-0.39, 0.29) is 23.9 Å². The predicted molar refractivity (Wildman–Crippen MR) is 64.9 cm³/mol. The summed E-state index contributed by atoms with van der Waals surface area (Å²) in [7, 11) is 0. The zero-order chi connectivity index (χ0) is 12.5. The Morgan fingerprint density at radius 3 is 2.56 bits per heavy atom. The van der Waals surface area contributed by atoms with Gasteiger partial charge in [-0.3, -0.25) is 9.59 Å². The van der Waals surface area contributed by atoms with Crippen LogP contribution in [-0.4, -0.2) is 60.0 Å². The number of hydrogen-bond acceptors (Lipinski definition) is 3. The highest BCUT2D eigenvalue weighted by Gasteiger charge is 2.41. The maximum absolute atomic E-state index is 12.6. The molecule has 1 unspecified atom stereocenters. The molecule has 0 saturated carbocycles. The third-order valence-electron chi connectivity index (χ3n) is 4.34. The van der Waals surface area contributed by atoms with Crippen molar-refractivity contribution in [3.8, 4) is 0 Å². The molecule has 0 bridgehead atoms. The Hall–Kier alpha value is -1.10. The molecule has 3 heterocycles. The second-order valence-electron chi connectivity index (χ2n) is 5.37. The van der Waals surface area contributed by atoms with E-state index in [9.17, 15) is 9.59 Å². The minimum atomic E-state index is -0.178. The summed E-state index contributed by atoms with van der Waals surface area (Å²) in [5.74, 6) is 0.325. The molecule has 0 radical (unpaired) electrons. The molecule has 0 aromatic rings. The summed E-state index contributed by atoms with van der Waals surface area (Å²) >= 11 is 0. The highest BCUT2D eigenvalue weighted by atomic mass is 16.5. The van der Waals surface area contributed by atoms with Gasteiger partial charge in [-0.15, -0.1) is 0 Å². The fourth-order valence-electron chi connectivity index (χ4n) is 3.34. The van der Waals surface area contributed by atoms with Gasteiger partial charge in [0.1, 0.15) is 6.04 Å². The van der Waals surface area contributed by atoms with Gasteiger partial charge in [-0.2, -0.15) is 0 Å². The lowest BCUT2D eigenvalue weighted by atomic mass is 10.1. The molecule has 18 heavy (non-hydrogen) atoms. The minimum Gasteiger partial charge on any atom is -0.381 e. The molecule has 0 aromatic heterocycles. The van der Waals surface area contributed by atoms with E-state index < -0.39 is 0 Å². The van der Waals surface area contributed by atoms with Crippen LogP contribution >= 0.6 is 0 Å². The van der Waals surface area contributed by atoms with E-state index in [2.05, 4.69) is 0 Å². The molecular formula is C13H20N2O3. The van der Waals surface area contributed by atoms with Crippen LogP contribution in [0.5, 0.6) is 0 Å². The van der Waals surface area contributed by atoms with E-state index in [4.69, 9.17) is 4.74 Å². The summed E-state index contributed by atoms with van der Waals surface area (Å²) in [5.41, 5.74) is 0. The second kappa shape index (κ2) is 4.88. The molecule has 2 amide bonds. The normalized spacial score (nSPS) is 30.6. The van der Waals surface area contributed by atoms with Gasteiger partial charge in [0.05, 0.1) is 0 Å². The van der Waals surface area contributed by atoms with Crippen LogP contribution in [0.1, 0.15) is 32.1 Å². The zero-order valence-corrected chi connectivity index (χ0v) is 10.6. The van der Waals surface area contributed by atoms with Gasteiger partial charge in [0.2, 0.25) is 11.8 Å². The van der Waals surface area contributed by atoms with Crippen LogP contribution < -0.4 is 0 Å². The van der Waals surface area contributed by atoms with E-state index >= 15 is 0 Å². The molecule has 0 aliphatic carbocycles. The number of hydrogen-bond donors (Lipinski definition) is 0. The van der Waals surface area contributed by atoms with Crippen molar-refractivity contribution in [2.75, 3.05) is 26.3 Å². The Kier molecular flexibility index (Phi) is 3.24. The van der Waals surface area contributed by atoms with Gasteiger partial charge in [-0.05, 0) is 25.7 Å². The van der Waals surface area contributed by atoms with Crippen LogP contribution in [0, 0.1) is 0 Å². The van der Waals surface area contributed by atoms with Gasteiger partial charge in [-0.1, -0.05) is 0 Å². The van der Waals surface area contributed by atoms with Gasteiger partial charge >= 0.3 is 0 Å². The van der Waals surface area contributed by atoms with Crippen LogP contribution in [0.15, 0.2) is 0 Å². The van der Waals surface area contributed by atoms with Gasteiger partial charge in [0.15, 0.2) is 0 Å². The average Bonchev–Trinajstić information content (AvgIpc) is 2.85. The van der Waals surface area contributed by atoms with E-state index in [1.807, 2.05) is 4.90 Å². The summed E-state index contributed by atoms with van der Waals surface area (Å²) in [6.45, 7) is 2.82. The number of carbonyl (C=O) groups excluding carboxylic acids is 2. The van der Waals surface area contributed by atoms with Gasteiger partial charge < -0.3 is 14.5 Å². The maximum Gasteiger partial charge on any atom is 0.245 e. The zero-order valence-electron chi connectivity index (χ0n) is 10.6. The minimum absolute atomic E-state index is 0.153. The SMILES string of the molecule is O=C1C2CCCN2C(=O)CCN1C1CCOCC1. The van der Waals surface area contributed by atoms with Crippen molar-refractivity contribution in [3.63, 3.8) is 0 Å². The number of rotatable bonds is 1.